The Morgan fingerprint density at radius 2 is 2.12 bits per heavy atom. The molecule has 1 atom stereocenters. The Hall–Kier alpha value is -1.69. The summed E-state index contributed by atoms with van der Waals surface area (Å²) in [6, 6.07) is 0. The van der Waals surface area contributed by atoms with E-state index in [2.05, 4.69) is 21.4 Å². The maximum atomic E-state index is 12.2. The van der Waals surface area contributed by atoms with E-state index in [-0.39, 0.29) is 5.91 Å². The number of carbonyl (C=O) groups excluding carboxylic acids is 1. The van der Waals surface area contributed by atoms with Crippen LogP contribution in [0.4, 0.5) is 0 Å². The number of nitrogens with zero attached hydrogens (tertiary/aromatic N) is 5. The van der Waals surface area contributed by atoms with E-state index in [1.54, 1.807) is 0 Å². The third-order valence-corrected chi connectivity index (χ3v) is 5.02. The van der Waals surface area contributed by atoms with Crippen LogP contribution in [0.15, 0.2) is 18.3 Å². The van der Waals surface area contributed by atoms with Gasteiger partial charge in [0.05, 0.1) is 5.69 Å². The van der Waals surface area contributed by atoms with Crippen LogP contribution in [0.1, 0.15) is 44.7 Å². The van der Waals surface area contributed by atoms with Gasteiger partial charge in [-0.3, -0.25) is 14.4 Å². The zero-order chi connectivity index (χ0) is 16.8. The molecule has 2 aliphatic heterocycles. The number of allylic oxidation sites excluding steroid dienone is 1. The molecule has 1 aromatic heterocycles. The van der Waals surface area contributed by atoms with Gasteiger partial charge >= 0.3 is 0 Å². The Kier molecular flexibility index (Phi) is 6.01. The summed E-state index contributed by atoms with van der Waals surface area (Å²) in [5.74, 6) is 0.723. The summed E-state index contributed by atoms with van der Waals surface area (Å²) in [6.45, 7) is 7.83. The van der Waals surface area contributed by atoms with E-state index in [1.807, 2.05) is 28.7 Å². The molecule has 24 heavy (non-hydrogen) atoms. The van der Waals surface area contributed by atoms with Crippen molar-refractivity contribution in [2.45, 2.75) is 52.1 Å². The van der Waals surface area contributed by atoms with E-state index in [0.29, 0.717) is 12.3 Å². The van der Waals surface area contributed by atoms with Crippen molar-refractivity contribution in [2.75, 3.05) is 26.2 Å². The third kappa shape index (κ3) is 4.66. The molecule has 2 fully saturated rings. The van der Waals surface area contributed by atoms with Gasteiger partial charge < -0.3 is 4.90 Å². The highest BCUT2D eigenvalue weighted by Gasteiger charge is 2.23. The second-order valence-corrected chi connectivity index (χ2v) is 7.04. The number of aromatic nitrogens is 3. The van der Waals surface area contributed by atoms with Gasteiger partial charge in [-0.2, -0.15) is 0 Å². The maximum Gasteiger partial charge on any atom is 0.226 e. The summed E-state index contributed by atoms with van der Waals surface area (Å²) in [5, 5.41) is 8.62. The van der Waals surface area contributed by atoms with Gasteiger partial charge in [0.15, 0.2) is 0 Å². The van der Waals surface area contributed by atoms with Crippen LogP contribution in [0.5, 0.6) is 0 Å². The van der Waals surface area contributed by atoms with Crippen molar-refractivity contribution in [1.29, 1.82) is 0 Å². The Morgan fingerprint density at radius 3 is 2.92 bits per heavy atom. The van der Waals surface area contributed by atoms with Gasteiger partial charge in [0.1, 0.15) is 0 Å². The van der Waals surface area contributed by atoms with Crippen molar-refractivity contribution >= 4 is 5.91 Å². The molecule has 6 heteroatoms. The van der Waals surface area contributed by atoms with Crippen molar-refractivity contribution in [3.05, 3.63) is 24.0 Å². The van der Waals surface area contributed by atoms with Crippen molar-refractivity contribution in [2.24, 2.45) is 5.92 Å². The molecule has 0 spiro atoms. The van der Waals surface area contributed by atoms with Crippen LogP contribution in [0.25, 0.3) is 0 Å². The summed E-state index contributed by atoms with van der Waals surface area (Å²) in [6.07, 6.45) is 11.3. The van der Waals surface area contributed by atoms with Crippen molar-refractivity contribution < 1.29 is 4.79 Å². The molecule has 2 saturated heterocycles. The van der Waals surface area contributed by atoms with Crippen LogP contribution >= 0.6 is 0 Å². The fraction of sp³-hybridized carbons (Fsp3) is 0.722. The Morgan fingerprint density at radius 1 is 1.29 bits per heavy atom. The fourth-order valence-electron chi connectivity index (χ4n) is 3.72. The topological polar surface area (TPSA) is 54.3 Å². The molecule has 0 aliphatic carbocycles. The molecule has 0 radical (unpaired) electrons. The molecule has 3 rings (SSSR count). The fourth-order valence-corrected chi connectivity index (χ4v) is 3.72. The molecular formula is C18H29N5O. The summed E-state index contributed by atoms with van der Waals surface area (Å²) < 4.78 is 1.97. The second-order valence-electron chi connectivity index (χ2n) is 7.04. The van der Waals surface area contributed by atoms with Gasteiger partial charge in [-0.1, -0.05) is 17.4 Å². The summed E-state index contributed by atoms with van der Waals surface area (Å²) in [5.41, 5.74) is 1.06. The standard InChI is InChI=1S/C18H29N5O/c1-2-3-8-18(24)22-11-6-7-16(12-22)13-23-15-17(19-20-23)14-21-9-4-5-10-21/h2-3,15-16H,4-14H2,1H3. The molecule has 1 aromatic rings. The molecule has 1 amide bonds. The number of rotatable bonds is 6. The van der Waals surface area contributed by atoms with E-state index in [9.17, 15) is 4.79 Å². The number of hydrogen-bond acceptors (Lipinski definition) is 4. The minimum atomic E-state index is 0.242. The first-order valence-electron chi connectivity index (χ1n) is 9.25. The maximum absolute atomic E-state index is 12.2. The average molecular weight is 331 g/mol. The lowest BCUT2D eigenvalue weighted by Crippen LogP contribution is -2.40. The van der Waals surface area contributed by atoms with Crippen LogP contribution in [-0.4, -0.2) is 56.9 Å². The average Bonchev–Trinajstić information content (AvgIpc) is 3.25. The minimum Gasteiger partial charge on any atom is -0.342 e. The van der Waals surface area contributed by atoms with Crippen LogP contribution in [0.3, 0.4) is 0 Å². The summed E-state index contributed by atoms with van der Waals surface area (Å²) in [7, 11) is 0. The Labute approximate surface area is 144 Å². The highest BCUT2D eigenvalue weighted by atomic mass is 16.2. The molecule has 6 nitrogen and oxygen atoms in total. The van der Waals surface area contributed by atoms with Gasteiger partial charge in [-0.25, -0.2) is 0 Å². The molecule has 0 N–H and O–H groups in total. The predicted octanol–water partition coefficient (Wildman–Crippen LogP) is 2.08. The molecular weight excluding hydrogens is 302 g/mol. The first kappa shape index (κ1) is 17.1. The smallest absolute Gasteiger partial charge is 0.226 e. The second kappa shape index (κ2) is 8.42. The zero-order valence-electron chi connectivity index (χ0n) is 14.7. The van der Waals surface area contributed by atoms with Gasteiger partial charge in [-0.05, 0) is 51.6 Å². The third-order valence-electron chi connectivity index (χ3n) is 5.02. The first-order valence-corrected chi connectivity index (χ1v) is 9.25. The Bertz CT molecular complexity index is 562. The quantitative estimate of drug-likeness (QED) is 0.749. The van der Waals surface area contributed by atoms with Crippen molar-refractivity contribution in [3.8, 4) is 0 Å². The normalized spacial score (nSPS) is 22.5. The first-order chi connectivity index (χ1) is 11.7. The van der Waals surface area contributed by atoms with Crippen LogP contribution in [0, 0.1) is 5.92 Å². The lowest BCUT2D eigenvalue weighted by atomic mass is 9.98. The van der Waals surface area contributed by atoms with Crippen molar-refractivity contribution in [3.63, 3.8) is 0 Å². The van der Waals surface area contributed by atoms with E-state index >= 15 is 0 Å². The monoisotopic (exact) mass is 331 g/mol. The molecule has 0 saturated carbocycles. The molecule has 132 valence electrons. The minimum absolute atomic E-state index is 0.242. The molecule has 0 aromatic carbocycles. The van der Waals surface area contributed by atoms with Crippen LogP contribution in [-0.2, 0) is 17.9 Å². The molecule has 0 bridgehead atoms. The zero-order valence-corrected chi connectivity index (χ0v) is 14.7. The van der Waals surface area contributed by atoms with E-state index in [4.69, 9.17) is 0 Å². The van der Waals surface area contributed by atoms with E-state index in [1.165, 1.54) is 25.9 Å². The highest BCUT2D eigenvalue weighted by Crippen LogP contribution is 2.19. The summed E-state index contributed by atoms with van der Waals surface area (Å²) in [4.78, 5) is 16.6. The van der Waals surface area contributed by atoms with Crippen molar-refractivity contribution in [1.82, 2.24) is 24.8 Å². The number of hydrogen-bond donors (Lipinski definition) is 0. The predicted molar refractivity (Wildman–Crippen MR) is 93.3 cm³/mol. The highest BCUT2D eigenvalue weighted by molar-refractivity contribution is 5.77. The van der Waals surface area contributed by atoms with Gasteiger partial charge in [0.2, 0.25) is 5.91 Å². The lowest BCUT2D eigenvalue weighted by Gasteiger charge is -2.32. The molecule has 1 unspecified atom stereocenters. The van der Waals surface area contributed by atoms with Crippen LogP contribution < -0.4 is 0 Å². The van der Waals surface area contributed by atoms with Gasteiger partial charge in [0.25, 0.3) is 0 Å². The number of piperidine rings is 1. The Balaban J connectivity index is 1.50. The van der Waals surface area contributed by atoms with Gasteiger partial charge in [0, 0.05) is 38.8 Å². The number of likely N-dealkylation sites (tertiary alicyclic amines) is 2. The number of amides is 1. The van der Waals surface area contributed by atoms with Crippen LogP contribution in [0.2, 0.25) is 0 Å². The van der Waals surface area contributed by atoms with E-state index < -0.39 is 0 Å². The SMILES string of the molecule is CC=CCC(=O)N1CCCC(Cn2cc(CN3CCCC3)nn2)C1. The molecule has 2 aliphatic rings. The van der Waals surface area contributed by atoms with Gasteiger partial charge in [-0.15, -0.1) is 5.10 Å². The number of carbonyl (C=O) groups is 1. The molecule has 3 heterocycles. The van der Waals surface area contributed by atoms with E-state index in [0.717, 1.165) is 44.7 Å². The largest absolute Gasteiger partial charge is 0.342 e. The lowest BCUT2D eigenvalue weighted by molar-refractivity contribution is -0.132. The summed E-state index contributed by atoms with van der Waals surface area (Å²) >= 11 is 0.